The molecule has 1 heterocycles. The number of hydrogen-bond acceptors (Lipinski definition) is 4. The van der Waals surface area contributed by atoms with E-state index in [0.29, 0.717) is 28.6 Å². The molecule has 0 radical (unpaired) electrons. The second-order valence-electron chi connectivity index (χ2n) is 6.30. The SMILES string of the molecule is O=C(COc1ccc(Br)cc1Cl)Nc1ccccc1C(=O)NC[C@H]1CCCO1. The van der Waals surface area contributed by atoms with E-state index < -0.39 is 5.91 Å². The summed E-state index contributed by atoms with van der Waals surface area (Å²) < 4.78 is 11.8. The summed E-state index contributed by atoms with van der Waals surface area (Å²) in [4.78, 5) is 24.8. The van der Waals surface area contributed by atoms with E-state index in [4.69, 9.17) is 21.1 Å². The summed E-state index contributed by atoms with van der Waals surface area (Å²) in [6.07, 6.45) is 2.00. The van der Waals surface area contributed by atoms with Crippen LogP contribution in [-0.4, -0.2) is 37.7 Å². The molecule has 6 nitrogen and oxygen atoms in total. The molecule has 148 valence electrons. The Morgan fingerprint density at radius 2 is 2.07 bits per heavy atom. The summed E-state index contributed by atoms with van der Waals surface area (Å²) in [6.45, 7) is 0.953. The summed E-state index contributed by atoms with van der Waals surface area (Å²) in [7, 11) is 0. The quantitative estimate of drug-likeness (QED) is 0.645. The topological polar surface area (TPSA) is 76.7 Å². The lowest BCUT2D eigenvalue weighted by Crippen LogP contribution is -2.32. The minimum Gasteiger partial charge on any atom is -0.482 e. The van der Waals surface area contributed by atoms with Crippen molar-refractivity contribution in [3.05, 3.63) is 57.5 Å². The first kappa shape index (κ1) is 20.6. The summed E-state index contributed by atoms with van der Waals surface area (Å²) in [5, 5.41) is 5.97. The monoisotopic (exact) mass is 466 g/mol. The third kappa shape index (κ3) is 5.70. The number of carbonyl (C=O) groups is 2. The first-order valence-corrected chi connectivity index (χ1v) is 10.1. The van der Waals surface area contributed by atoms with Gasteiger partial charge in [0, 0.05) is 17.6 Å². The predicted molar refractivity (Wildman–Crippen MR) is 111 cm³/mol. The minimum atomic E-state index is -0.390. The summed E-state index contributed by atoms with van der Waals surface area (Å²) in [5.74, 6) is -0.246. The first-order chi connectivity index (χ1) is 13.5. The molecule has 3 rings (SSSR count). The highest BCUT2D eigenvalue weighted by Gasteiger charge is 2.18. The van der Waals surface area contributed by atoms with Gasteiger partial charge in [0.2, 0.25) is 0 Å². The smallest absolute Gasteiger partial charge is 0.262 e. The first-order valence-electron chi connectivity index (χ1n) is 8.89. The third-order valence-corrected chi connectivity index (χ3v) is 5.00. The highest BCUT2D eigenvalue weighted by molar-refractivity contribution is 9.10. The molecule has 0 aliphatic carbocycles. The van der Waals surface area contributed by atoms with Gasteiger partial charge in [-0.25, -0.2) is 0 Å². The van der Waals surface area contributed by atoms with Crippen molar-refractivity contribution in [1.82, 2.24) is 5.32 Å². The van der Waals surface area contributed by atoms with Gasteiger partial charge in [-0.15, -0.1) is 0 Å². The molecule has 0 aromatic heterocycles. The lowest BCUT2D eigenvalue weighted by Gasteiger charge is -2.14. The number of carbonyl (C=O) groups excluding carboxylic acids is 2. The van der Waals surface area contributed by atoms with E-state index in [-0.39, 0.29) is 18.6 Å². The van der Waals surface area contributed by atoms with Crippen LogP contribution in [0.3, 0.4) is 0 Å². The molecule has 8 heteroatoms. The number of para-hydroxylation sites is 1. The molecule has 1 fully saturated rings. The lowest BCUT2D eigenvalue weighted by atomic mass is 10.1. The predicted octanol–water partition coefficient (Wildman–Crippen LogP) is 4.03. The number of nitrogens with one attached hydrogen (secondary N) is 2. The van der Waals surface area contributed by atoms with Crippen LogP contribution < -0.4 is 15.4 Å². The Balaban J connectivity index is 1.57. The Kier molecular flexibility index (Phi) is 7.30. The molecule has 0 saturated carbocycles. The van der Waals surface area contributed by atoms with Gasteiger partial charge in [0.1, 0.15) is 5.75 Å². The van der Waals surface area contributed by atoms with Crippen LogP contribution in [0.4, 0.5) is 5.69 Å². The summed E-state index contributed by atoms with van der Waals surface area (Å²) in [6, 6.07) is 12.0. The van der Waals surface area contributed by atoms with E-state index in [1.54, 1.807) is 42.5 Å². The molecule has 28 heavy (non-hydrogen) atoms. The van der Waals surface area contributed by atoms with Crippen molar-refractivity contribution in [2.45, 2.75) is 18.9 Å². The minimum absolute atomic E-state index is 0.0507. The largest absolute Gasteiger partial charge is 0.482 e. The normalized spacial score (nSPS) is 15.9. The standard InChI is InChI=1S/C20H20BrClN2O4/c21-13-7-8-18(16(22)10-13)28-12-19(25)24-17-6-2-1-5-15(17)20(26)23-11-14-4-3-9-27-14/h1-2,5-8,10,14H,3-4,9,11-12H2,(H,23,26)(H,24,25)/t14-/m1/s1. The van der Waals surface area contributed by atoms with Crippen molar-refractivity contribution in [3.8, 4) is 5.75 Å². The molecule has 1 aliphatic heterocycles. The molecule has 1 atom stereocenters. The number of benzene rings is 2. The Hall–Kier alpha value is -2.09. The molecule has 0 bridgehead atoms. The van der Waals surface area contributed by atoms with E-state index in [1.165, 1.54) is 0 Å². The average molecular weight is 468 g/mol. The van der Waals surface area contributed by atoms with Crippen LogP contribution in [0.15, 0.2) is 46.9 Å². The van der Waals surface area contributed by atoms with E-state index in [2.05, 4.69) is 26.6 Å². The van der Waals surface area contributed by atoms with Gasteiger partial charge in [-0.05, 0) is 43.2 Å². The fourth-order valence-corrected chi connectivity index (χ4v) is 3.55. The Labute approximate surface area is 176 Å². The zero-order chi connectivity index (χ0) is 19.9. The van der Waals surface area contributed by atoms with Gasteiger partial charge < -0.3 is 20.1 Å². The number of ether oxygens (including phenoxy) is 2. The van der Waals surface area contributed by atoms with Crippen LogP contribution >= 0.6 is 27.5 Å². The molecule has 2 N–H and O–H groups in total. The molecular formula is C20H20BrClN2O4. The van der Waals surface area contributed by atoms with Gasteiger partial charge in [-0.2, -0.15) is 0 Å². The highest BCUT2D eigenvalue weighted by Crippen LogP contribution is 2.27. The zero-order valence-electron chi connectivity index (χ0n) is 15.0. The third-order valence-electron chi connectivity index (χ3n) is 4.21. The lowest BCUT2D eigenvalue weighted by molar-refractivity contribution is -0.118. The molecule has 2 aromatic rings. The number of amides is 2. The molecule has 0 spiro atoms. The summed E-state index contributed by atoms with van der Waals surface area (Å²) in [5.41, 5.74) is 0.804. The van der Waals surface area contributed by atoms with Crippen LogP contribution in [0.2, 0.25) is 5.02 Å². The fourth-order valence-electron chi connectivity index (χ4n) is 2.82. The number of anilines is 1. The molecule has 1 aliphatic rings. The number of rotatable bonds is 7. The van der Waals surface area contributed by atoms with Crippen LogP contribution in [0.1, 0.15) is 23.2 Å². The van der Waals surface area contributed by atoms with Gasteiger partial charge >= 0.3 is 0 Å². The Morgan fingerprint density at radius 1 is 1.25 bits per heavy atom. The number of halogens is 2. The molecule has 2 amide bonds. The zero-order valence-corrected chi connectivity index (χ0v) is 17.4. The van der Waals surface area contributed by atoms with Crippen LogP contribution in [0, 0.1) is 0 Å². The fraction of sp³-hybridized carbons (Fsp3) is 0.300. The maximum absolute atomic E-state index is 12.5. The Bertz CT molecular complexity index is 856. The molecular weight excluding hydrogens is 448 g/mol. The van der Waals surface area contributed by atoms with Gasteiger partial charge in [0.15, 0.2) is 6.61 Å². The van der Waals surface area contributed by atoms with Crippen molar-refractivity contribution in [2.24, 2.45) is 0 Å². The van der Waals surface area contributed by atoms with E-state index in [0.717, 1.165) is 23.9 Å². The van der Waals surface area contributed by atoms with Gasteiger partial charge in [0.05, 0.1) is 22.4 Å². The number of hydrogen-bond donors (Lipinski definition) is 2. The van der Waals surface area contributed by atoms with Crippen molar-refractivity contribution < 1.29 is 19.1 Å². The second-order valence-corrected chi connectivity index (χ2v) is 7.63. The van der Waals surface area contributed by atoms with E-state index in [9.17, 15) is 9.59 Å². The van der Waals surface area contributed by atoms with Gasteiger partial charge in [-0.1, -0.05) is 39.7 Å². The van der Waals surface area contributed by atoms with Crippen molar-refractivity contribution >= 4 is 45.0 Å². The Morgan fingerprint density at radius 3 is 2.82 bits per heavy atom. The van der Waals surface area contributed by atoms with Crippen molar-refractivity contribution in [2.75, 3.05) is 25.1 Å². The van der Waals surface area contributed by atoms with Crippen LogP contribution in [-0.2, 0) is 9.53 Å². The van der Waals surface area contributed by atoms with Crippen LogP contribution in [0.5, 0.6) is 5.75 Å². The van der Waals surface area contributed by atoms with Crippen molar-refractivity contribution in [1.29, 1.82) is 0 Å². The van der Waals surface area contributed by atoms with E-state index in [1.807, 2.05) is 0 Å². The van der Waals surface area contributed by atoms with E-state index >= 15 is 0 Å². The molecule has 0 unspecified atom stereocenters. The maximum Gasteiger partial charge on any atom is 0.262 e. The maximum atomic E-state index is 12.5. The van der Waals surface area contributed by atoms with Gasteiger partial charge in [-0.3, -0.25) is 9.59 Å². The van der Waals surface area contributed by atoms with Crippen molar-refractivity contribution in [3.63, 3.8) is 0 Å². The van der Waals surface area contributed by atoms with Gasteiger partial charge in [0.25, 0.3) is 11.8 Å². The van der Waals surface area contributed by atoms with Crippen LogP contribution in [0.25, 0.3) is 0 Å². The summed E-state index contributed by atoms with van der Waals surface area (Å²) >= 11 is 9.39. The average Bonchev–Trinajstić information content (AvgIpc) is 3.19. The molecule has 2 aromatic carbocycles. The highest BCUT2D eigenvalue weighted by atomic mass is 79.9. The second kappa shape index (κ2) is 9.91. The molecule has 1 saturated heterocycles.